The van der Waals surface area contributed by atoms with Crippen LogP contribution in [0.25, 0.3) is 31.9 Å². The third-order valence-electron chi connectivity index (χ3n) is 4.41. The van der Waals surface area contributed by atoms with Gasteiger partial charge in [-0.1, -0.05) is 44.4 Å². The number of fused-ring (bicyclic) bond motifs is 1. The van der Waals surface area contributed by atoms with Gasteiger partial charge in [0.05, 0.1) is 11.7 Å². The zero-order chi connectivity index (χ0) is 17.1. The van der Waals surface area contributed by atoms with Gasteiger partial charge in [0, 0.05) is 25.8 Å². The van der Waals surface area contributed by atoms with Crippen molar-refractivity contribution in [3.63, 3.8) is 0 Å². The van der Waals surface area contributed by atoms with Gasteiger partial charge < -0.3 is 0 Å². The van der Waals surface area contributed by atoms with Crippen molar-refractivity contribution in [1.82, 2.24) is 8.75 Å². The van der Waals surface area contributed by atoms with Crippen LogP contribution in [-0.2, 0) is 6.42 Å². The maximum atomic E-state index is 4.60. The Hall–Kier alpha value is -1.56. The Balaban J connectivity index is 1.63. The lowest BCUT2D eigenvalue weighted by atomic mass is 10.1. The lowest BCUT2D eigenvalue weighted by Gasteiger charge is -2.03. The summed E-state index contributed by atoms with van der Waals surface area (Å²) >= 11 is 4.97. The van der Waals surface area contributed by atoms with E-state index in [0.717, 1.165) is 11.0 Å². The van der Waals surface area contributed by atoms with Gasteiger partial charge in [-0.25, -0.2) is 0 Å². The third-order valence-corrected chi connectivity index (χ3v) is 7.02. The van der Waals surface area contributed by atoms with Crippen molar-refractivity contribution in [1.29, 1.82) is 0 Å². The minimum Gasteiger partial charge on any atom is -0.172 e. The highest BCUT2D eigenvalue weighted by atomic mass is 32.1. The molecule has 3 aromatic heterocycles. The van der Waals surface area contributed by atoms with Crippen LogP contribution in [0.15, 0.2) is 41.8 Å². The molecule has 128 valence electrons. The van der Waals surface area contributed by atoms with E-state index < -0.39 is 0 Å². The summed E-state index contributed by atoms with van der Waals surface area (Å²) in [6, 6.07) is 13.2. The fraction of sp³-hybridized carbons (Fsp3) is 0.300. The molecular formula is C20H20N2S3. The summed E-state index contributed by atoms with van der Waals surface area (Å²) in [5.41, 5.74) is 4.48. The van der Waals surface area contributed by atoms with Gasteiger partial charge in [0.25, 0.3) is 0 Å². The quantitative estimate of drug-likeness (QED) is 0.313. The minimum atomic E-state index is 1.03. The molecule has 0 radical (unpaired) electrons. The van der Waals surface area contributed by atoms with Crippen LogP contribution < -0.4 is 0 Å². The maximum absolute atomic E-state index is 4.60. The zero-order valence-electron chi connectivity index (χ0n) is 14.2. The summed E-state index contributed by atoms with van der Waals surface area (Å²) < 4.78 is 9.18. The molecule has 0 bridgehead atoms. The number of aromatic nitrogens is 2. The molecule has 25 heavy (non-hydrogen) atoms. The van der Waals surface area contributed by atoms with Crippen molar-refractivity contribution in [2.24, 2.45) is 0 Å². The van der Waals surface area contributed by atoms with E-state index in [2.05, 4.69) is 57.4 Å². The smallest absolute Gasteiger partial charge is 0.114 e. The molecule has 0 aliphatic carbocycles. The summed E-state index contributed by atoms with van der Waals surface area (Å²) in [6.45, 7) is 2.26. The fourth-order valence-electron chi connectivity index (χ4n) is 3.08. The monoisotopic (exact) mass is 384 g/mol. The molecule has 5 heteroatoms. The molecule has 0 atom stereocenters. The maximum Gasteiger partial charge on any atom is 0.114 e. The number of hydrogen-bond donors (Lipinski definition) is 0. The van der Waals surface area contributed by atoms with Crippen LogP contribution in [0.3, 0.4) is 0 Å². The molecule has 4 aromatic rings. The largest absolute Gasteiger partial charge is 0.172 e. The molecule has 4 rings (SSSR count). The highest BCUT2D eigenvalue weighted by molar-refractivity contribution is 7.15. The van der Waals surface area contributed by atoms with E-state index in [1.54, 1.807) is 11.3 Å². The number of unbranched alkanes of at least 4 members (excludes halogenated alkanes) is 3. The van der Waals surface area contributed by atoms with Gasteiger partial charge in [-0.3, -0.25) is 0 Å². The molecular weight excluding hydrogens is 364 g/mol. The van der Waals surface area contributed by atoms with E-state index in [1.165, 1.54) is 69.6 Å². The number of nitrogens with zero attached hydrogens (tertiary/aromatic N) is 2. The van der Waals surface area contributed by atoms with Gasteiger partial charge in [0.1, 0.15) is 11.0 Å². The Bertz CT molecular complexity index is 951. The molecule has 0 aliphatic rings. The second kappa shape index (κ2) is 7.77. The Labute approximate surface area is 160 Å². The van der Waals surface area contributed by atoms with Gasteiger partial charge >= 0.3 is 0 Å². The summed E-state index contributed by atoms with van der Waals surface area (Å²) in [5.74, 6) is 0. The van der Waals surface area contributed by atoms with Crippen molar-refractivity contribution in [2.45, 2.75) is 39.0 Å². The van der Waals surface area contributed by atoms with Crippen LogP contribution in [-0.4, -0.2) is 8.75 Å². The van der Waals surface area contributed by atoms with Crippen molar-refractivity contribution >= 4 is 45.4 Å². The van der Waals surface area contributed by atoms with E-state index in [9.17, 15) is 0 Å². The molecule has 0 fully saturated rings. The van der Waals surface area contributed by atoms with Gasteiger partial charge in [-0.2, -0.15) is 8.75 Å². The SMILES string of the molecule is CCCCCCc1ccc(-c2ccc(-c3cccs3)c3nsnc23)s1. The average Bonchev–Trinajstić information content (AvgIpc) is 3.39. The molecule has 0 aliphatic heterocycles. The second-order valence-corrected chi connectivity index (χ2v) is 8.82. The summed E-state index contributed by atoms with van der Waals surface area (Å²) in [7, 11) is 0. The Morgan fingerprint density at radius 2 is 1.64 bits per heavy atom. The first-order chi connectivity index (χ1) is 12.4. The summed E-state index contributed by atoms with van der Waals surface area (Å²) in [4.78, 5) is 4.04. The highest BCUT2D eigenvalue weighted by Crippen LogP contribution is 2.38. The lowest BCUT2D eigenvalue weighted by Crippen LogP contribution is -1.82. The lowest BCUT2D eigenvalue weighted by molar-refractivity contribution is 0.670. The molecule has 0 spiro atoms. The standard InChI is InChI=1S/C20H20N2S3/c1-2-3-4-5-7-14-9-12-18(24-14)16-11-10-15(17-8-6-13-23-17)19-20(16)22-25-21-19/h6,8-13H,2-5,7H2,1H3. The van der Waals surface area contributed by atoms with Crippen LogP contribution in [0.4, 0.5) is 0 Å². The number of hydrogen-bond acceptors (Lipinski definition) is 5. The topological polar surface area (TPSA) is 25.8 Å². The zero-order valence-corrected chi connectivity index (χ0v) is 16.6. The van der Waals surface area contributed by atoms with E-state index in [0.29, 0.717) is 0 Å². The fourth-order valence-corrected chi connectivity index (χ4v) is 5.48. The number of thiophene rings is 2. The first-order valence-electron chi connectivity index (χ1n) is 8.75. The summed E-state index contributed by atoms with van der Waals surface area (Å²) in [5, 5.41) is 2.11. The minimum absolute atomic E-state index is 1.03. The second-order valence-electron chi connectivity index (χ2n) is 6.18. The van der Waals surface area contributed by atoms with Gasteiger partial charge in [-0.15, -0.1) is 22.7 Å². The third kappa shape index (κ3) is 3.54. The van der Waals surface area contributed by atoms with Crippen molar-refractivity contribution < 1.29 is 0 Å². The summed E-state index contributed by atoms with van der Waals surface area (Å²) in [6.07, 6.45) is 6.45. The van der Waals surface area contributed by atoms with Crippen LogP contribution in [0.2, 0.25) is 0 Å². The van der Waals surface area contributed by atoms with Gasteiger partial charge in [0.15, 0.2) is 0 Å². The van der Waals surface area contributed by atoms with Crippen molar-refractivity contribution in [3.05, 3.63) is 46.7 Å². The van der Waals surface area contributed by atoms with Crippen LogP contribution in [0, 0.1) is 0 Å². The predicted molar refractivity (Wildman–Crippen MR) is 112 cm³/mol. The number of benzene rings is 1. The molecule has 0 N–H and O–H groups in total. The normalized spacial score (nSPS) is 11.4. The predicted octanol–water partition coefficient (Wildman–Crippen LogP) is 7.27. The number of rotatable bonds is 7. The van der Waals surface area contributed by atoms with E-state index in [-0.39, 0.29) is 0 Å². The molecule has 1 aromatic carbocycles. The molecule has 0 amide bonds. The molecule has 0 saturated heterocycles. The first-order valence-corrected chi connectivity index (χ1v) is 11.2. The highest BCUT2D eigenvalue weighted by Gasteiger charge is 2.15. The van der Waals surface area contributed by atoms with Gasteiger partial charge in [0.2, 0.25) is 0 Å². The average molecular weight is 385 g/mol. The molecule has 0 saturated carbocycles. The van der Waals surface area contributed by atoms with E-state index in [1.807, 2.05) is 11.3 Å². The van der Waals surface area contributed by atoms with Gasteiger partial charge in [-0.05, 0) is 36.4 Å². The number of aryl methyl sites for hydroxylation is 1. The van der Waals surface area contributed by atoms with Crippen LogP contribution in [0.5, 0.6) is 0 Å². The Kier molecular flexibility index (Phi) is 5.25. The molecule has 2 nitrogen and oxygen atoms in total. The van der Waals surface area contributed by atoms with E-state index >= 15 is 0 Å². The molecule has 3 heterocycles. The Morgan fingerprint density at radius 1 is 0.840 bits per heavy atom. The first kappa shape index (κ1) is 16.9. The van der Waals surface area contributed by atoms with Crippen LogP contribution >= 0.6 is 34.4 Å². The van der Waals surface area contributed by atoms with E-state index in [4.69, 9.17) is 0 Å². The van der Waals surface area contributed by atoms with Crippen molar-refractivity contribution in [3.8, 4) is 20.9 Å². The molecule has 0 unspecified atom stereocenters. The van der Waals surface area contributed by atoms with Crippen LogP contribution in [0.1, 0.15) is 37.5 Å². The van der Waals surface area contributed by atoms with Crippen molar-refractivity contribution in [2.75, 3.05) is 0 Å². The Morgan fingerprint density at radius 3 is 2.36 bits per heavy atom.